The second-order valence-electron chi connectivity index (χ2n) is 11.2. The highest BCUT2D eigenvalue weighted by Gasteiger charge is 2.41. The Morgan fingerprint density at radius 3 is 1.96 bits per heavy atom. The molecular formula is C35H40N2O12S. The van der Waals surface area contributed by atoms with Gasteiger partial charge in [-0.3, -0.25) is 19.3 Å². The zero-order valence-electron chi connectivity index (χ0n) is 29.3. The molecule has 1 aliphatic heterocycles. The van der Waals surface area contributed by atoms with Gasteiger partial charge in [-0.25, -0.2) is 0 Å². The number of amides is 3. The van der Waals surface area contributed by atoms with Crippen molar-refractivity contribution in [3.8, 4) is 34.5 Å². The van der Waals surface area contributed by atoms with Crippen LogP contribution in [0, 0.1) is 20.8 Å². The van der Waals surface area contributed by atoms with Crippen LogP contribution in [0.15, 0.2) is 47.0 Å². The summed E-state index contributed by atoms with van der Waals surface area (Å²) in [7, 11) is 2.75. The van der Waals surface area contributed by atoms with E-state index in [9.17, 15) is 22.8 Å². The molecular weight excluding hydrogens is 672 g/mol. The number of ether oxygens (including phenoxy) is 6. The molecule has 3 aromatic carbocycles. The highest BCUT2D eigenvalue weighted by atomic mass is 32.2. The highest BCUT2D eigenvalue weighted by molar-refractivity contribution is 7.87. The first kappa shape index (κ1) is 37.5. The molecule has 1 heterocycles. The van der Waals surface area contributed by atoms with E-state index in [2.05, 4.69) is 5.32 Å². The molecule has 268 valence electrons. The van der Waals surface area contributed by atoms with Gasteiger partial charge in [0.1, 0.15) is 22.4 Å². The first-order chi connectivity index (χ1) is 23.7. The summed E-state index contributed by atoms with van der Waals surface area (Å²) in [5.41, 5.74) is 1.80. The molecule has 0 radical (unpaired) electrons. The Hall–Kier alpha value is -5.28. The summed E-state index contributed by atoms with van der Waals surface area (Å²) in [5.74, 6) is -0.986. The van der Waals surface area contributed by atoms with Crippen molar-refractivity contribution in [3.63, 3.8) is 0 Å². The average Bonchev–Trinajstić information content (AvgIpc) is 3.07. The van der Waals surface area contributed by atoms with Crippen molar-refractivity contribution < 1.29 is 55.4 Å². The maximum Gasteiger partial charge on any atom is 0.339 e. The van der Waals surface area contributed by atoms with Crippen LogP contribution < -0.4 is 33.2 Å². The van der Waals surface area contributed by atoms with Crippen molar-refractivity contribution >= 4 is 33.9 Å². The zero-order chi connectivity index (χ0) is 36.9. The van der Waals surface area contributed by atoms with E-state index in [1.165, 1.54) is 59.8 Å². The molecule has 1 aliphatic rings. The Kier molecular flexibility index (Phi) is 11.6. The number of nitrogens with zero attached hydrogens (tertiary/aromatic N) is 1. The molecule has 0 aromatic heterocycles. The van der Waals surface area contributed by atoms with E-state index in [4.69, 9.17) is 32.6 Å². The van der Waals surface area contributed by atoms with E-state index in [0.29, 0.717) is 28.4 Å². The van der Waals surface area contributed by atoms with Gasteiger partial charge in [0.15, 0.2) is 35.5 Å². The van der Waals surface area contributed by atoms with Gasteiger partial charge < -0.3 is 37.9 Å². The van der Waals surface area contributed by atoms with Gasteiger partial charge in [-0.2, -0.15) is 8.42 Å². The van der Waals surface area contributed by atoms with Gasteiger partial charge in [-0.15, -0.1) is 0 Å². The second-order valence-corrected chi connectivity index (χ2v) is 12.8. The number of benzene rings is 3. The fourth-order valence-electron chi connectivity index (χ4n) is 5.62. The number of nitrogens with one attached hydrogen (secondary N) is 1. The Balaban J connectivity index is 1.81. The normalized spacial score (nSPS) is 15.4. The summed E-state index contributed by atoms with van der Waals surface area (Å²) in [5, 5.41) is 2.59. The van der Waals surface area contributed by atoms with Crippen molar-refractivity contribution in [2.45, 2.75) is 45.1 Å². The molecule has 1 saturated heterocycles. The van der Waals surface area contributed by atoms with Gasteiger partial charge in [0, 0.05) is 42.7 Å². The van der Waals surface area contributed by atoms with E-state index in [-0.39, 0.29) is 52.2 Å². The van der Waals surface area contributed by atoms with Crippen LogP contribution in [-0.2, 0) is 35.7 Å². The van der Waals surface area contributed by atoms with Crippen LogP contribution in [0.25, 0.3) is 6.08 Å². The third kappa shape index (κ3) is 7.48. The molecule has 3 amide bonds. The number of aryl methyl sites for hydroxylation is 1. The first-order valence-electron chi connectivity index (χ1n) is 15.2. The van der Waals surface area contributed by atoms with Crippen LogP contribution in [0.3, 0.4) is 0 Å². The van der Waals surface area contributed by atoms with Gasteiger partial charge in [0.2, 0.25) is 11.8 Å². The first-order valence-corrected chi connectivity index (χ1v) is 16.6. The smallest absolute Gasteiger partial charge is 0.339 e. The van der Waals surface area contributed by atoms with E-state index in [1.807, 2.05) is 6.92 Å². The lowest BCUT2D eigenvalue weighted by molar-refractivity contribution is -0.152. The molecule has 0 aliphatic carbocycles. The number of imide groups is 1. The predicted molar refractivity (Wildman–Crippen MR) is 181 cm³/mol. The number of carbonyl (C=O) groups excluding carboxylic acids is 3. The predicted octanol–water partition coefficient (Wildman–Crippen LogP) is 3.85. The molecule has 1 N–H and O–H groups in total. The van der Waals surface area contributed by atoms with Crippen LogP contribution in [0.5, 0.6) is 34.5 Å². The molecule has 0 saturated carbocycles. The summed E-state index contributed by atoms with van der Waals surface area (Å²) in [6, 6.07) is 7.75. The molecule has 1 unspecified atom stereocenters. The van der Waals surface area contributed by atoms with E-state index >= 15 is 0 Å². The maximum absolute atomic E-state index is 14.0. The van der Waals surface area contributed by atoms with Crippen molar-refractivity contribution in [2.75, 3.05) is 42.3 Å². The minimum atomic E-state index is -4.38. The third-order valence-electron chi connectivity index (χ3n) is 8.00. The van der Waals surface area contributed by atoms with Gasteiger partial charge >= 0.3 is 10.1 Å². The van der Waals surface area contributed by atoms with Crippen molar-refractivity contribution in [2.24, 2.45) is 0 Å². The molecule has 4 rings (SSSR count). The minimum absolute atomic E-state index is 0.0483. The van der Waals surface area contributed by atoms with Crippen LogP contribution in [0.1, 0.15) is 34.7 Å². The quantitative estimate of drug-likeness (QED) is 0.155. The largest absolute Gasteiger partial charge is 0.493 e. The van der Waals surface area contributed by atoms with Crippen molar-refractivity contribution in [1.29, 1.82) is 0 Å². The number of carbonyl (C=O) groups is 3. The van der Waals surface area contributed by atoms with Crippen LogP contribution >= 0.6 is 0 Å². The summed E-state index contributed by atoms with van der Waals surface area (Å²) in [6.07, 6.45) is 1.07. The Labute approximate surface area is 290 Å². The minimum Gasteiger partial charge on any atom is -0.493 e. The fourth-order valence-corrected chi connectivity index (χ4v) is 6.63. The number of hydrogen-bond acceptors (Lipinski definition) is 12. The summed E-state index contributed by atoms with van der Waals surface area (Å²) in [6.45, 7) is 6.13. The van der Waals surface area contributed by atoms with Crippen LogP contribution in [0.4, 0.5) is 0 Å². The molecule has 1 atom stereocenters. The molecule has 1 fully saturated rings. The van der Waals surface area contributed by atoms with Gasteiger partial charge in [0.25, 0.3) is 5.91 Å². The summed E-state index contributed by atoms with van der Waals surface area (Å²) >= 11 is 0. The summed E-state index contributed by atoms with van der Waals surface area (Å²) < 4.78 is 65.3. The average molecular weight is 713 g/mol. The van der Waals surface area contributed by atoms with E-state index in [0.717, 1.165) is 17.4 Å². The lowest BCUT2D eigenvalue weighted by Gasteiger charge is -2.34. The lowest BCUT2D eigenvalue weighted by atomic mass is 9.97. The monoisotopic (exact) mass is 712 g/mol. The fraction of sp³-hybridized carbons (Fsp3) is 0.343. The molecule has 0 bridgehead atoms. The van der Waals surface area contributed by atoms with Gasteiger partial charge in [0.05, 0.1) is 28.4 Å². The third-order valence-corrected chi connectivity index (χ3v) is 9.24. The van der Waals surface area contributed by atoms with Gasteiger partial charge in [-0.05, 0) is 51.1 Å². The molecule has 50 heavy (non-hydrogen) atoms. The SMILES string of the molecule is COCOc1c(CC2C(=O)N/C(=C\c3cc(OC)c(OC)c(C)c3OS(=O)(=O)c3ccc(C)cc3)C(=O)N2C(C)=O)cc(OC)c(OC)c1C. The Morgan fingerprint density at radius 2 is 1.42 bits per heavy atom. The Morgan fingerprint density at radius 1 is 0.840 bits per heavy atom. The number of piperazine rings is 1. The number of rotatable bonds is 13. The maximum atomic E-state index is 14.0. The molecule has 14 nitrogen and oxygen atoms in total. The molecule has 0 spiro atoms. The van der Waals surface area contributed by atoms with E-state index in [1.54, 1.807) is 32.0 Å². The summed E-state index contributed by atoms with van der Waals surface area (Å²) in [4.78, 5) is 41.5. The second kappa shape index (κ2) is 15.5. The topological polar surface area (TPSA) is 165 Å². The van der Waals surface area contributed by atoms with Crippen LogP contribution in [-0.4, -0.2) is 79.4 Å². The van der Waals surface area contributed by atoms with Crippen molar-refractivity contribution in [3.05, 3.63) is 69.9 Å². The van der Waals surface area contributed by atoms with Crippen molar-refractivity contribution in [1.82, 2.24) is 10.2 Å². The zero-order valence-corrected chi connectivity index (χ0v) is 30.1. The number of methoxy groups -OCH3 is 5. The lowest BCUT2D eigenvalue weighted by Crippen LogP contribution is -2.59. The Bertz CT molecular complexity index is 1940. The van der Waals surface area contributed by atoms with Gasteiger partial charge in [-0.1, -0.05) is 17.7 Å². The standard InChI is InChI=1S/C35H40N2O12S/c1-19-10-12-25(13-11-19)50(41,42)49-31-21(3)33(47-9)28(44-6)16-23(31)14-26-35(40)37(22(4)38)27(34(39)36-26)15-24-17-29(45-7)32(46-8)20(2)30(24)48-18-43-5/h10-14,16-17,27H,15,18H2,1-9H3,(H,36,39)/b26-14-. The molecule has 15 heteroatoms. The highest BCUT2D eigenvalue weighted by Crippen LogP contribution is 2.43. The number of hydrogen-bond donors (Lipinski definition) is 1. The molecule has 3 aromatic rings. The van der Waals surface area contributed by atoms with Crippen LogP contribution in [0.2, 0.25) is 0 Å². The van der Waals surface area contributed by atoms with E-state index < -0.39 is 33.9 Å².